The highest BCUT2D eigenvalue weighted by Crippen LogP contribution is 2.00. The van der Waals surface area contributed by atoms with Gasteiger partial charge < -0.3 is 10.1 Å². The van der Waals surface area contributed by atoms with Crippen molar-refractivity contribution in [1.82, 2.24) is 14.3 Å². The number of nitrogens with zero attached hydrogens (tertiary/aromatic N) is 1. The molecular formula is C12H29N3O3S. The summed E-state index contributed by atoms with van der Waals surface area (Å²) in [6, 6.07) is 0.248. The number of hydrogen-bond donors (Lipinski definition) is 2. The van der Waals surface area contributed by atoms with Gasteiger partial charge in [0.25, 0.3) is 10.2 Å². The molecule has 0 amide bonds. The zero-order valence-corrected chi connectivity index (χ0v) is 13.6. The summed E-state index contributed by atoms with van der Waals surface area (Å²) in [5, 5.41) is 3.26. The lowest BCUT2D eigenvalue weighted by Crippen LogP contribution is -2.45. The average Bonchev–Trinajstić information content (AvgIpc) is 2.33. The van der Waals surface area contributed by atoms with Crippen molar-refractivity contribution in [1.29, 1.82) is 0 Å². The highest BCUT2D eigenvalue weighted by atomic mass is 32.2. The van der Waals surface area contributed by atoms with E-state index in [1.165, 1.54) is 4.31 Å². The van der Waals surface area contributed by atoms with Crippen molar-refractivity contribution in [3.8, 4) is 0 Å². The minimum atomic E-state index is -3.42. The van der Waals surface area contributed by atoms with Gasteiger partial charge in [-0.25, -0.2) is 0 Å². The molecule has 0 aromatic carbocycles. The summed E-state index contributed by atoms with van der Waals surface area (Å²) in [7, 11) is -0.257. The first-order valence-corrected chi connectivity index (χ1v) is 8.23. The molecule has 0 saturated heterocycles. The molecule has 0 aromatic heterocycles. The largest absolute Gasteiger partial charge is 0.383 e. The lowest BCUT2D eigenvalue weighted by Gasteiger charge is -2.22. The maximum absolute atomic E-state index is 12.0. The Kier molecular flexibility index (Phi) is 9.55. The second-order valence-electron chi connectivity index (χ2n) is 4.97. The topological polar surface area (TPSA) is 70.7 Å². The monoisotopic (exact) mass is 295 g/mol. The van der Waals surface area contributed by atoms with E-state index in [0.717, 1.165) is 13.0 Å². The van der Waals surface area contributed by atoms with Crippen LogP contribution >= 0.6 is 0 Å². The molecule has 1 unspecified atom stereocenters. The van der Waals surface area contributed by atoms with Gasteiger partial charge in [0.1, 0.15) is 0 Å². The van der Waals surface area contributed by atoms with Crippen LogP contribution in [-0.2, 0) is 14.9 Å². The Balaban J connectivity index is 4.16. The molecule has 6 nitrogen and oxygen atoms in total. The fourth-order valence-electron chi connectivity index (χ4n) is 1.55. The van der Waals surface area contributed by atoms with Crippen LogP contribution in [-0.4, -0.2) is 58.7 Å². The van der Waals surface area contributed by atoms with Crippen molar-refractivity contribution in [3.05, 3.63) is 0 Å². The van der Waals surface area contributed by atoms with E-state index in [0.29, 0.717) is 25.6 Å². The Morgan fingerprint density at radius 3 is 2.42 bits per heavy atom. The predicted octanol–water partition coefficient (Wildman–Crippen LogP) is 0.566. The maximum Gasteiger partial charge on any atom is 0.279 e. The van der Waals surface area contributed by atoms with Crippen LogP contribution in [0.1, 0.15) is 33.6 Å². The molecular weight excluding hydrogens is 266 g/mol. The van der Waals surface area contributed by atoms with Gasteiger partial charge in [0.15, 0.2) is 0 Å². The van der Waals surface area contributed by atoms with Gasteiger partial charge in [-0.2, -0.15) is 17.4 Å². The van der Waals surface area contributed by atoms with Crippen LogP contribution in [0.25, 0.3) is 0 Å². The predicted molar refractivity (Wildman–Crippen MR) is 78.4 cm³/mol. The second-order valence-corrected chi connectivity index (χ2v) is 6.78. The van der Waals surface area contributed by atoms with Crippen molar-refractivity contribution in [2.24, 2.45) is 0 Å². The van der Waals surface area contributed by atoms with Crippen LogP contribution in [0.2, 0.25) is 0 Å². The van der Waals surface area contributed by atoms with E-state index in [9.17, 15) is 8.42 Å². The van der Waals surface area contributed by atoms with E-state index < -0.39 is 10.2 Å². The molecule has 2 N–H and O–H groups in total. The Labute approximate surface area is 118 Å². The lowest BCUT2D eigenvalue weighted by atomic mass is 10.3. The van der Waals surface area contributed by atoms with Gasteiger partial charge in [0.2, 0.25) is 0 Å². The van der Waals surface area contributed by atoms with Gasteiger partial charge in [-0.1, -0.05) is 20.8 Å². The first-order chi connectivity index (χ1) is 8.83. The molecule has 7 heteroatoms. The fraction of sp³-hybridized carbons (Fsp3) is 1.00. The van der Waals surface area contributed by atoms with Crippen LogP contribution in [0.15, 0.2) is 0 Å². The maximum atomic E-state index is 12.0. The normalized spacial score (nSPS) is 14.3. The molecule has 0 radical (unpaired) electrons. The van der Waals surface area contributed by atoms with Gasteiger partial charge in [0.05, 0.1) is 6.61 Å². The van der Waals surface area contributed by atoms with Crippen LogP contribution < -0.4 is 10.0 Å². The second kappa shape index (κ2) is 9.66. The summed E-state index contributed by atoms with van der Waals surface area (Å²) in [5.41, 5.74) is 0. The van der Waals surface area contributed by atoms with E-state index in [2.05, 4.69) is 23.9 Å². The Hall–Kier alpha value is -0.210. The standard InChI is InChI=1S/C12H29N3O3S/c1-6-12(10-18-5)14-19(16,17)15(4)9-7-8-13-11(2)3/h11-14H,6-10H2,1-5H3. The van der Waals surface area contributed by atoms with E-state index >= 15 is 0 Å². The summed E-state index contributed by atoms with van der Waals surface area (Å²) in [5.74, 6) is 0. The van der Waals surface area contributed by atoms with E-state index in [1.54, 1.807) is 14.2 Å². The molecule has 0 spiro atoms. The van der Waals surface area contributed by atoms with E-state index in [4.69, 9.17) is 4.74 Å². The van der Waals surface area contributed by atoms with Crippen LogP contribution in [0.3, 0.4) is 0 Å². The van der Waals surface area contributed by atoms with Crippen LogP contribution in [0, 0.1) is 0 Å². The number of methoxy groups -OCH3 is 1. The molecule has 0 rings (SSSR count). The molecule has 0 bridgehead atoms. The molecule has 0 aliphatic carbocycles. The summed E-state index contributed by atoms with van der Waals surface area (Å²) in [6.07, 6.45) is 1.49. The fourth-order valence-corrected chi connectivity index (χ4v) is 2.75. The third kappa shape index (κ3) is 8.54. The zero-order valence-electron chi connectivity index (χ0n) is 12.8. The highest BCUT2D eigenvalue weighted by Gasteiger charge is 2.20. The smallest absolute Gasteiger partial charge is 0.279 e. The third-order valence-corrected chi connectivity index (χ3v) is 4.42. The summed E-state index contributed by atoms with van der Waals surface area (Å²) in [6.45, 7) is 7.76. The minimum absolute atomic E-state index is 0.175. The molecule has 0 saturated carbocycles. The van der Waals surface area contributed by atoms with Crippen LogP contribution in [0.4, 0.5) is 0 Å². The highest BCUT2D eigenvalue weighted by molar-refractivity contribution is 7.87. The third-order valence-electron chi connectivity index (χ3n) is 2.79. The van der Waals surface area contributed by atoms with Crippen molar-refractivity contribution >= 4 is 10.2 Å². The molecule has 116 valence electrons. The molecule has 0 aromatic rings. The van der Waals surface area contributed by atoms with Gasteiger partial charge in [0, 0.05) is 32.8 Å². The lowest BCUT2D eigenvalue weighted by molar-refractivity contribution is 0.172. The Morgan fingerprint density at radius 1 is 1.32 bits per heavy atom. The summed E-state index contributed by atoms with van der Waals surface area (Å²) in [4.78, 5) is 0. The molecule has 0 fully saturated rings. The quantitative estimate of drug-likeness (QED) is 0.547. The van der Waals surface area contributed by atoms with Gasteiger partial charge in [-0.3, -0.25) is 0 Å². The van der Waals surface area contributed by atoms with Crippen molar-refractivity contribution in [2.45, 2.75) is 45.7 Å². The van der Waals surface area contributed by atoms with Gasteiger partial charge >= 0.3 is 0 Å². The number of hydrogen-bond acceptors (Lipinski definition) is 4. The molecule has 0 heterocycles. The Morgan fingerprint density at radius 2 is 1.95 bits per heavy atom. The number of rotatable bonds is 11. The minimum Gasteiger partial charge on any atom is -0.383 e. The van der Waals surface area contributed by atoms with Crippen molar-refractivity contribution < 1.29 is 13.2 Å². The van der Waals surface area contributed by atoms with Crippen molar-refractivity contribution in [3.63, 3.8) is 0 Å². The first-order valence-electron chi connectivity index (χ1n) is 6.79. The zero-order chi connectivity index (χ0) is 14.9. The molecule has 0 aliphatic rings. The van der Waals surface area contributed by atoms with E-state index in [-0.39, 0.29) is 6.04 Å². The van der Waals surface area contributed by atoms with Gasteiger partial charge in [-0.05, 0) is 19.4 Å². The summed E-state index contributed by atoms with van der Waals surface area (Å²) >= 11 is 0. The number of ether oxygens (including phenoxy) is 1. The van der Waals surface area contributed by atoms with E-state index in [1.807, 2.05) is 6.92 Å². The average molecular weight is 295 g/mol. The molecule has 0 aliphatic heterocycles. The molecule has 19 heavy (non-hydrogen) atoms. The first kappa shape index (κ1) is 18.8. The van der Waals surface area contributed by atoms with Crippen LogP contribution in [0.5, 0.6) is 0 Å². The van der Waals surface area contributed by atoms with Gasteiger partial charge in [-0.15, -0.1) is 0 Å². The molecule has 1 atom stereocenters. The Bertz CT molecular complexity index is 320. The van der Waals surface area contributed by atoms with Crippen molar-refractivity contribution in [2.75, 3.05) is 33.9 Å². The summed E-state index contributed by atoms with van der Waals surface area (Å²) < 4.78 is 33.1. The number of nitrogens with one attached hydrogen (secondary N) is 2. The SMILES string of the molecule is CCC(COC)NS(=O)(=O)N(C)CCCNC(C)C.